The third kappa shape index (κ3) is 3.75. The van der Waals surface area contributed by atoms with Gasteiger partial charge in [-0.2, -0.15) is 0 Å². The molecule has 0 bridgehead atoms. The second-order valence-electron chi connectivity index (χ2n) is 7.63. The lowest BCUT2D eigenvalue weighted by Crippen LogP contribution is -2.49. The van der Waals surface area contributed by atoms with Crippen LogP contribution < -0.4 is 29.6 Å². The number of benzene rings is 2. The lowest BCUT2D eigenvalue weighted by molar-refractivity contribution is 0.173. The van der Waals surface area contributed by atoms with Crippen molar-refractivity contribution in [3.05, 3.63) is 47.5 Å². The number of rotatable bonds is 6. The fraction of sp³-hybridized carbons (Fsp3) is 0.455. The molecule has 0 radical (unpaired) electrons. The van der Waals surface area contributed by atoms with E-state index in [1.807, 2.05) is 12.1 Å². The van der Waals surface area contributed by atoms with Gasteiger partial charge in [0.05, 0.1) is 0 Å². The first-order valence-electron chi connectivity index (χ1n) is 10.1. The van der Waals surface area contributed by atoms with Gasteiger partial charge in [0.2, 0.25) is 13.6 Å². The fourth-order valence-corrected chi connectivity index (χ4v) is 4.22. The summed E-state index contributed by atoms with van der Waals surface area (Å²) < 4.78 is 21.8. The van der Waals surface area contributed by atoms with Crippen LogP contribution in [-0.4, -0.2) is 25.7 Å². The second-order valence-corrected chi connectivity index (χ2v) is 7.63. The van der Waals surface area contributed by atoms with Gasteiger partial charge in [-0.3, -0.25) is 0 Å². The van der Waals surface area contributed by atoms with E-state index in [9.17, 15) is 0 Å². The average molecular weight is 382 g/mol. The van der Waals surface area contributed by atoms with Crippen LogP contribution in [0.2, 0.25) is 0 Å². The van der Waals surface area contributed by atoms with E-state index in [-0.39, 0.29) is 0 Å². The Kier molecular flexibility index (Phi) is 4.97. The quantitative estimate of drug-likeness (QED) is 0.799. The maximum Gasteiger partial charge on any atom is 0.231 e. The molecule has 2 N–H and O–H groups in total. The SMILES string of the molecule is c1cc2c(cc1CNC1CCCC[C@@H]1NCc1ccc3c(c1)OCO3)OCO2. The minimum absolute atomic E-state index is 0.320. The summed E-state index contributed by atoms with van der Waals surface area (Å²) in [6, 6.07) is 13.3. The average Bonchev–Trinajstić information content (AvgIpc) is 3.39. The number of hydrogen-bond donors (Lipinski definition) is 2. The zero-order valence-corrected chi connectivity index (χ0v) is 15.9. The molecule has 1 aliphatic carbocycles. The zero-order valence-electron chi connectivity index (χ0n) is 15.9. The molecule has 148 valence electrons. The summed E-state index contributed by atoms with van der Waals surface area (Å²) in [4.78, 5) is 0. The highest BCUT2D eigenvalue weighted by molar-refractivity contribution is 5.45. The maximum atomic E-state index is 5.49. The van der Waals surface area contributed by atoms with E-state index < -0.39 is 0 Å². The van der Waals surface area contributed by atoms with Crippen LogP contribution in [0.25, 0.3) is 0 Å². The van der Waals surface area contributed by atoms with Crippen molar-refractivity contribution in [2.75, 3.05) is 13.6 Å². The standard InChI is InChI=1S/C22H26N2O4/c1-2-4-18(24-12-16-6-8-20-22(10-16)28-14-26-20)17(3-1)23-11-15-5-7-19-21(9-15)27-13-25-19/h5-10,17-18,23-24H,1-4,11-14H2/t17-,18?/m0/s1. The lowest BCUT2D eigenvalue weighted by atomic mass is 9.90. The van der Waals surface area contributed by atoms with Gasteiger partial charge < -0.3 is 29.6 Å². The molecule has 2 aromatic carbocycles. The Morgan fingerprint density at radius 1 is 0.643 bits per heavy atom. The summed E-state index contributed by atoms with van der Waals surface area (Å²) in [7, 11) is 0. The van der Waals surface area contributed by atoms with Gasteiger partial charge in [-0.25, -0.2) is 0 Å². The Hall–Kier alpha value is -2.44. The highest BCUT2D eigenvalue weighted by Gasteiger charge is 2.25. The van der Waals surface area contributed by atoms with Crippen molar-refractivity contribution in [1.82, 2.24) is 10.6 Å². The van der Waals surface area contributed by atoms with E-state index in [1.165, 1.54) is 36.8 Å². The Morgan fingerprint density at radius 3 is 1.61 bits per heavy atom. The van der Waals surface area contributed by atoms with Crippen LogP contribution in [0.5, 0.6) is 23.0 Å². The van der Waals surface area contributed by atoms with Gasteiger partial charge in [-0.1, -0.05) is 25.0 Å². The van der Waals surface area contributed by atoms with Crippen molar-refractivity contribution in [1.29, 1.82) is 0 Å². The molecule has 1 fully saturated rings. The van der Waals surface area contributed by atoms with Crippen molar-refractivity contribution in [2.24, 2.45) is 0 Å². The summed E-state index contributed by atoms with van der Waals surface area (Å²) in [6.45, 7) is 2.31. The molecule has 1 saturated carbocycles. The molecule has 0 saturated heterocycles. The maximum absolute atomic E-state index is 5.49. The van der Waals surface area contributed by atoms with Crippen molar-refractivity contribution >= 4 is 0 Å². The van der Waals surface area contributed by atoms with E-state index in [1.54, 1.807) is 0 Å². The predicted octanol–water partition coefficient (Wildman–Crippen LogP) is 3.33. The van der Waals surface area contributed by atoms with E-state index in [0.29, 0.717) is 25.7 Å². The summed E-state index contributed by atoms with van der Waals surface area (Å²) in [5.41, 5.74) is 2.45. The minimum atomic E-state index is 0.320. The van der Waals surface area contributed by atoms with E-state index in [2.05, 4.69) is 34.9 Å². The molecular weight excluding hydrogens is 356 g/mol. The first-order valence-corrected chi connectivity index (χ1v) is 10.1. The Balaban J connectivity index is 1.18. The predicted molar refractivity (Wildman–Crippen MR) is 105 cm³/mol. The minimum Gasteiger partial charge on any atom is -0.454 e. The highest BCUT2D eigenvalue weighted by atomic mass is 16.7. The topological polar surface area (TPSA) is 61.0 Å². The molecule has 2 aromatic rings. The molecule has 6 heteroatoms. The Labute approximate surface area is 165 Å². The number of fused-ring (bicyclic) bond motifs is 2. The molecule has 0 spiro atoms. The molecule has 2 atom stereocenters. The number of nitrogens with one attached hydrogen (secondary N) is 2. The molecule has 0 aromatic heterocycles. The van der Waals surface area contributed by atoms with Gasteiger partial charge in [-0.15, -0.1) is 0 Å². The van der Waals surface area contributed by atoms with Crippen LogP contribution >= 0.6 is 0 Å². The molecule has 6 nitrogen and oxygen atoms in total. The molecule has 0 amide bonds. The van der Waals surface area contributed by atoms with Crippen LogP contribution in [0.15, 0.2) is 36.4 Å². The summed E-state index contributed by atoms with van der Waals surface area (Å²) in [5, 5.41) is 7.51. The molecule has 2 heterocycles. The van der Waals surface area contributed by atoms with Crippen molar-refractivity contribution in [2.45, 2.75) is 50.9 Å². The molecule has 28 heavy (non-hydrogen) atoms. The van der Waals surface area contributed by atoms with Crippen LogP contribution in [0.1, 0.15) is 36.8 Å². The lowest BCUT2D eigenvalue weighted by Gasteiger charge is -2.33. The molecule has 3 aliphatic rings. The van der Waals surface area contributed by atoms with E-state index in [0.717, 1.165) is 36.1 Å². The normalized spacial score (nSPS) is 22.4. The molecule has 1 unspecified atom stereocenters. The summed E-state index contributed by atoms with van der Waals surface area (Å²) in [5.74, 6) is 3.37. The summed E-state index contributed by atoms with van der Waals surface area (Å²) in [6.07, 6.45) is 4.95. The Bertz CT molecular complexity index is 772. The third-order valence-electron chi connectivity index (χ3n) is 5.78. The van der Waals surface area contributed by atoms with Gasteiger partial charge in [0.1, 0.15) is 0 Å². The largest absolute Gasteiger partial charge is 0.454 e. The molecule has 2 aliphatic heterocycles. The molecular formula is C22H26N2O4. The van der Waals surface area contributed by atoms with Crippen LogP contribution in [-0.2, 0) is 13.1 Å². The second kappa shape index (κ2) is 7.89. The van der Waals surface area contributed by atoms with Crippen LogP contribution in [0.3, 0.4) is 0 Å². The van der Waals surface area contributed by atoms with Gasteiger partial charge in [0.25, 0.3) is 0 Å². The van der Waals surface area contributed by atoms with Gasteiger partial charge >= 0.3 is 0 Å². The van der Waals surface area contributed by atoms with Crippen molar-refractivity contribution in [3.8, 4) is 23.0 Å². The van der Waals surface area contributed by atoms with E-state index >= 15 is 0 Å². The number of ether oxygens (including phenoxy) is 4. The van der Waals surface area contributed by atoms with Crippen molar-refractivity contribution in [3.63, 3.8) is 0 Å². The Morgan fingerprint density at radius 2 is 1.11 bits per heavy atom. The summed E-state index contributed by atoms with van der Waals surface area (Å²) >= 11 is 0. The van der Waals surface area contributed by atoms with E-state index in [4.69, 9.17) is 18.9 Å². The third-order valence-corrected chi connectivity index (χ3v) is 5.78. The number of hydrogen-bond acceptors (Lipinski definition) is 6. The highest BCUT2D eigenvalue weighted by Crippen LogP contribution is 2.33. The monoisotopic (exact) mass is 382 g/mol. The first-order chi connectivity index (χ1) is 13.8. The van der Waals surface area contributed by atoms with Crippen LogP contribution in [0.4, 0.5) is 0 Å². The smallest absolute Gasteiger partial charge is 0.231 e. The fourth-order valence-electron chi connectivity index (χ4n) is 4.22. The van der Waals surface area contributed by atoms with Gasteiger partial charge in [0, 0.05) is 25.2 Å². The van der Waals surface area contributed by atoms with Crippen LogP contribution in [0, 0.1) is 0 Å². The first kappa shape index (κ1) is 17.6. The van der Waals surface area contributed by atoms with Crippen molar-refractivity contribution < 1.29 is 18.9 Å². The van der Waals surface area contributed by atoms with Gasteiger partial charge in [0.15, 0.2) is 23.0 Å². The zero-order chi connectivity index (χ0) is 18.8. The van der Waals surface area contributed by atoms with Gasteiger partial charge in [-0.05, 0) is 48.2 Å². The molecule has 5 rings (SSSR count).